The van der Waals surface area contributed by atoms with Crippen molar-refractivity contribution < 1.29 is 24.2 Å². The smallest absolute Gasteiger partial charge is 0.407 e. The first-order valence-corrected chi connectivity index (χ1v) is 12.0. The van der Waals surface area contributed by atoms with E-state index in [-0.39, 0.29) is 31.4 Å². The van der Waals surface area contributed by atoms with Crippen LogP contribution >= 0.6 is 0 Å². The van der Waals surface area contributed by atoms with Crippen LogP contribution in [0.5, 0.6) is 0 Å². The van der Waals surface area contributed by atoms with E-state index in [2.05, 4.69) is 34.9 Å². The zero-order valence-electron chi connectivity index (χ0n) is 19.5. The SMILES string of the molecule is CCCC(CNC(=O)OCC1c2ccccc2-c2ccccc21)C(=O)NC1(CC(=O)O)CCC1. The molecule has 0 radical (unpaired) electrons. The average Bonchev–Trinajstić information content (AvgIpc) is 3.12. The van der Waals surface area contributed by atoms with E-state index < -0.39 is 23.5 Å². The topological polar surface area (TPSA) is 105 Å². The predicted octanol–water partition coefficient (Wildman–Crippen LogP) is 4.46. The Kier molecular flexibility index (Phi) is 7.20. The van der Waals surface area contributed by atoms with Crippen molar-refractivity contribution in [3.8, 4) is 11.1 Å². The molecule has 3 N–H and O–H groups in total. The number of nitrogens with one attached hydrogen (secondary N) is 2. The molecule has 7 nitrogen and oxygen atoms in total. The van der Waals surface area contributed by atoms with Gasteiger partial charge < -0.3 is 20.5 Å². The molecule has 180 valence electrons. The van der Waals surface area contributed by atoms with Crippen LogP contribution in [0.4, 0.5) is 4.79 Å². The van der Waals surface area contributed by atoms with Crippen LogP contribution in [0.25, 0.3) is 11.1 Å². The summed E-state index contributed by atoms with van der Waals surface area (Å²) in [7, 11) is 0. The van der Waals surface area contributed by atoms with Crippen LogP contribution in [0.2, 0.25) is 0 Å². The Hall–Kier alpha value is -3.35. The standard InChI is InChI=1S/C27H32N2O5/c1-2-8-18(25(32)29-27(13-7-14-27)15-24(30)31)16-28-26(33)34-17-23-21-11-5-3-9-19(21)20-10-4-6-12-22(20)23/h3-6,9-12,18,23H,2,7-8,13-17H2,1H3,(H,28,33)(H,29,32)(H,30,31). The first-order chi connectivity index (χ1) is 16.4. The fourth-order valence-electron chi connectivity index (χ4n) is 5.13. The molecule has 0 heterocycles. The van der Waals surface area contributed by atoms with Crippen LogP contribution in [0.3, 0.4) is 0 Å². The number of aliphatic carboxylic acids is 1. The molecule has 4 rings (SSSR count). The van der Waals surface area contributed by atoms with Gasteiger partial charge in [0.25, 0.3) is 0 Å². The fourth-order valence-corrected chi connectivity index (χ4v) is 5.13. The van der Waals surface area contributed by atoms with Crippen LogP contribution in [-0.4, -0.2) is 41.8 Å². The molecule has 0 aromatic heterocycles. The predicted molar refractivity (Wildman–Crippen MR) is 128 cm³/mol. The average molecular weight is 465 g/mol. The molecule has 1 unspecified atom stereocenters. The minimum Gasteiger partial charge on any atom is -0.481 e. The molecule has 7 heteroatoms. The number of hydrogen-bond acceptors (Lipinski definition) is 4. The normalized spacial score (nSPS) is 16.5. The molecule has 2 aliphatic carbocycles. The van der Waals surface area contributed by atoms with Gasteiger partial charge in [0.05, 0.1) is 17.9 Å². The van der Waals surface area contributed by atoms with E-state index in [1.54, 1.807) is 0 Å². The number of carboxylic acids is 1. The largest absolute Gasteiger partial charge is 0.481 e. The molecule has 1 fully saturated rings. The second kappa shape index (κ2) is 10.3. The summed E-state index contributed by atoms with van der Waals surface area (Å²) in [6.45, 7) is 2.34. The van der Waals surface area contributed by atoms with Crippen LogP contribution in [0.15, 0.2) is 48.5 Å². The highest BCUT2D eigenvalue weighted by molar-refractivity contribution is 5.82. The molecule has 2 aromatic carbocycles. The van der Waals surface area contributed by atoms with Gasteiger partial charge in [-0.2, -0.15) is 0 Å². The van der Waals surface area contributed by atoms with Gasteiger partial charge in [0.2, 0.25) is 5.91 Å². The number of benzene rings is 2. The number of ether oxygens (including phenoxy) is 1. The molecule has 1 atom stereocenters. The lowest BCUT2D eigenvalue weighted by molar-refractivity contribution is -0.140. The van der Waals surface area contributed by atoms with Crippen LogP contribution in [0.1, 0.15) is 62.5 Å². The Labute approximate surface area is 199 Å². The monoisotopic (exact) mass is 464 g/mol. The van der Waals surface area contributed by atoms with Crippen LogP contribution < -0.4 is 10.6 Å². The van der Waals surface area contributed by atoms with E-state index in [4.69, 9.17) is 4.74 Å². The highest BCUT2D eigenvalue weighted by atomic mass is 16.5. The maximum absolute atomic E-state index is 12.9. The molecule has 0 bridgehead atoms. The summed E-state index contributed by atoms with van der Waals surface area (Å²) in [6.07, 6.45) is 2.99. The lowest BCUT2D eigenvalue weighted by Crippen LogP contribution is -2.57. The van der Waals surface area contributed by atoms with Crippen molar-refractivity contribution in [2.45, 2.75) is 56.9 Å². The van der Waals surface area contributed by atoms with E-state index in [0.29, 0.717) is 19.3 Å². The Balaban J connectivity index is 1.33. The summed E-state index contributed by atoms with van der Waals surface area (Å²) < 4.78 is 5.57. The number of alkyl carbamates (subject to hydrolysis) is 1. The van der Waals surface area contributed by atoms with Gasteiger partial charge in [-0.05, 0) is 47.9 Å². The zero-order valence-corrected chi connectivity index (χ0v) is 19.5. The minimum absolute atomic E-state index is 0.0256. The summed E-state index contributed by atoms with van der Waals surface area (Å²) in [5, 5.41) is 14.9. The van der Waals surface area contributed by atoms with Crippen molar-refractivity contribution in [1.29, 1.82) is 0 Å². The first-order valence-electron chi connectivity index (χ1n) is 12.0. The molecule has 0 saturated heterocycles. The van der Waals surface area contributed by atoms with Gasteiger partial charge in [0.1, 0.15) is 6.61 Å². The number of amides is 2. The summed E-state index contributed by atoms with van der Waals surface area (Å²) in [6, 6.07) is 16.3. The van der Waals surface area contributed by atoms with Crippen LogP contribution in [0, 0.1) is 5.92 Å². The summed E-state index contributed by atoms with van der Waals surface area (Å²) in [5.41, 5.74) is 3.96. The number of carbonyl (C=O) groups excluding carboxylic acids is 2. The fraction of sp³-hybridized carbons (Fsp3) is 0.444. The van der Waals surface area contributed by atoms with Crippen molar-refractivity contribution in [3.63, 3.8) is 0 Å². The Morgan fingerprint density at radius 2 is 1.68 bits per heavy atom. The highest BCUT2D eigenvalue weighted by Crippen LogP contribution is 2.44. The van der Waals surface area contributed by atoms with Crippen molar-refractivity contribution in [1.82, 2.24) is 10.6 Å². The number of hydrogen-bond donors (Lipinski definition) is 3. The molecule has 34 heavy (non-hydrogen) atoms. The van der Waals surface area contributed by atoms with E-state index in [0.717, 1.165) is 35.1 Å². The van der Waals surface area contributed by atoms with E-state index in [1.807, 2.05) is 31.2 Å². The van der Waals surface area contributed by atoms with Gasteiger partial charge >= 0.3 is 12.1 Å². The lowest BCUT2D eigenvalue weighted by Gasteiger charge is -2.42. The number of fused-ring (bicyclic) bond motifs is 3. The third-order valence-electron chi connectivity index (χ3n) is 7.03. The number of carbonyl (C=O) groups is 3. The Morgan fingerprint density at radius 3 is 2.21 bits per heavy atom. The summed E-state index contributed by atoms with van der Waals surface area (Å²) in [4.78, 5) is 36.6. The van der Waals surface area contributed by atoms with Gasteiger partial charge in [-0.25, -0.2) is 4.79 Å². The van der Waals surface area contributed by atoms with Crippen molar-refractivity contribution >= 4 is 18.0 Å². The Bertz CT molecular complexity index is 1020. The third-order valence-corrected chi connectivity index (χ3v) is 7.03. The molecule has 2 aromatic rings. The van der Waals surface area contributed by atoms with Gasteiger partial charge in [-0.3, -0.25) is 9.59 Å². The van der Waals surface area contributed by atoms with Crippen molar-refractivity contribution in [2.24, 2.45) is 5.92 Å². The molecular weight excluding hydrogens is 432 g/mol. The summed E-state index contributed by atoms with van der Waals surface area (Å²) >= 11 is 0. The van der Waals surface area contributed by atoms with Crippen molar-refractivity contribution in [2.75, 3.05) is 13.2 Å². The first kappa shape index (κ1) is 23.8. The van der Waals surface area contributed by atoms with Gasteiger partial charge in [0, 0.05) is 12.5 Å². The number of carboxylic acid groups (broad SMARTS) is 1. The van der Waals surface area contributed by atoms with Crippen molar-refractivity contribution in [3.05, 3.63) is 59.7 Å². The van der Waals surface area contributed by atoms with E-state index in [1.165, 1.54) is 0 Å². The van der Waals surface area contributed by atoms with Gasteiger partial charge in [-0.15, -0.1) is 0 Å². The summed E-state index contributed by atoms with van der Waals surface area (Å²) in [5.74, 6) is -1.58. The van der Waals surface area contributed by atoms with Gasteiger partial charge in [-0.1, -0.05) is 61.9 Å². The highest BCUT2D eigenvalue weighted by Gasteiger charge is 2.41. The molecular formula is C27H32N2O5. The maximum Gasteiger partial charge on any atom is 0.407 e. The second-order valence-corrected chi connectivity index (χ2v) is 9.39. The number of rotatable bonds is 10. The van der Waals surface area contributed by atoms with E-state index in [9.17, 15) is 19.5 Å². The van der Waals surface area contributed by atoms with Crippen LogP contribution in [-0.2, 0) is 14.3 Å². The molecule has 1 saturated carbocycles. The van der Waals surface area contributed by atoms with Gasteiger partial charge in [0.15, 0.2) is 0 Å². The molecule has 0 spiro atoms. The zero-order chi connectivity index (χ0) is 24.1. The third kappa shape index (κ3) is 5.08. The second-order valence-electron chi connectivity index (χ2n) is 9.39. The van der Waals surface area contributed by atoms with E-state index >= 15 is 0 Å². The maximum atomic E-state index is 12.9. The molecule has 2 aliphatic rings. The minimum atomic E-state index is -0.913. The quantitative estimate of drug-likeness (QED) is 0.482. The lowest BCUT2D eigenvalue weighted by atomic mass is 9.74. The molecule has 0 aliphatic heterocycles. The molecule has 2 amide bonds. The Morgan fingerprint density at radius 1 is 1.06 bits per heavy atom.